The van der Waals surface area contributed by atoms with Crippen LogP contribution in [-0.4, -0.2) is 5.11 Å². The molecule has 0 amide bonds. The molecular formula is C24H32F3OP. The van der Waals surface area contributed by atoms with E-state index in [2.05, 4.69) is 0 Å². The maximum absolute atomic E-state index is 13.7. The lowest BCUT2D eigenvalue weighted by Crippen LogP contribution is -2.27. The maximum atomic E-state index is 13.7. The highest BCUT2D eigenvalue weighted by molar-refractivity contribution is 7.48. The van der Waals surface area contributed by atoms with Gasteiger partial charge in [-0.3, -0.25) is 0 Å². The topological polar surface area (TPSA) is 20.2 Å². The molecule has 0 aliphatic rings. The van der Waals surface area contributed by atoms with Gasteiger partial charge in [0.05, 0.1) is 5.56 Å². The minimum absolute atomic E-state index is 0.0929. The van der Waals surface area contributed by atoms with Crippen LogP contribution in [0.5, 0.6) is 5.75 Å². The number of benzene rings is 2. The van der Waals surface area contributed by atoms with Crippen molar-refractivity contribution in [3.8, 4) is 5.75 Å². The van der Waals surface area contributed by atoms with Crippen LogP contribution in [-0.2, 0) is 16.7 Å². The average Bonchev–Trinajstić information content (AvgIpc) is 2.61. The Morgan fingerprint density at radius 3 is 1.93 bits per heavy atom. The molecule has 0 spiro atoms. The van der Waals surface area contributed by atoms with Crippen molar-refractivity contribution in [2.45, 2.75) is 78.1 Å². The molecule has 1 N–H and O–H groups in total. The van der Waals surface area contributed by atoms with E-state index in [0.29, 0.717) is 23.7 Å². The zero-order valence-electron chi connectivity index (χ0n) is 18.4. The summed E-state index contributed by atoms with van der Waals surface area (Å²) >= 11 is 0. The van der Waals surface area contributed by atoms with Gasteiger partial charge < -0.3 is 5.11 Å². The Bertz CT molecular complexity index is 875. The van der Waals surface area contributed by atoms with Gasteiger partial charge >= 0.3 is 6.18 Å². The van der Waals surface area contributed by atoms with Crippen molar-refractivity contribution in [1.82, 2.24) is 0 Å². The van der Waals surface area contributed by atoms with Gasteiger partial charge in [-0.05, 0) is 54.6 Å². The Balaban J connectivity index is 2.75. The Hall–Kier alpha value is -1.54. The van der Waals surface area contributed by atoms with Gasteiger partial charge in [-0.15, -0.1) is 0 Å². The third-order valence-corrected chi connectivity index (χ3v) is 8.10. The lowest BCUT2D eigenvalue weighted by molar-refractivity contribution is -0.136. The van der Waals surface area contributed by atoms with Crippen LogP contribution < -0.4 is 5.30 Å². The Morgan fingerprint density at radius 1 is 0.897 bits per heavy atom. The second kappa shape index (κ2) is 8.30. The second-order valence-corrected chi connectivity index (χ2v) is 10.6. The van der Waals surface area contributed by atoms with Crippen LogP contribution in [0.1, 0.15) is 75.3 Å². The zero-order valence-corrected chi connectivity index (χ0v) is 19.4. The SMILES string of the molecule is CCC(CC)(Pc1c(C)cccc1C(F)(F)F)c1cc(C)cc(C(C)(C)C)c1O. The standard InChI is InChI=1S/C24H32F3OP/c1-8-23(9-2,19-14-15(3)13-18(20(19)28)22(5,6)7)29-21-16(4)11-10-12-17(21)24(25,26)27/h10-14,28-29H,8-9H2,1-7H3. The summed E-state index contributed by atoms with van der Waals surface area (Å²) in [6.07, 6.45) is -3.10. The summed E-state index contributed by atoms with van der Waals surface area (Å²) in [5.41, 5.74) is 2.44. The molecule has 0 saturated heterocycles. The van der Waals surface area contributed by atoms with Crippen LogP contribution in [0.25, 0.3) is 0 Å². The van der Waals surface area contributed by atoms with Gasteiger partial charge in [0.1, 0.15) is 5.75 Å². The monoisotopic (exact) mass is 424 g/mol. The van der Waals surface area contributed by atoms with Crippen molar-refractivity contribution < 1.29 is 18.3 Å². The fourth-order valence-corrected chi connectivity index (χ4v) is 5.70. The van der Waals surface area contributed by atoms with Crippen LogP contribution in [0.15, 0.2) is 30.3 Å². The molecule has 2 aromatic carbocycles. The molecule has 0 radical (unpaired) electrons. The highest BCUT2D eigenvalue weighted by Gasteiger charge is 2.39. The van der Waals surface area contributed by atoms with Crippen molar-refractivity contribution in [1.29, 1.82) is 0 Å². The molecule has 0 aliphatic heterocycles. The number of hydrogen-bond acceptors (Lipinski definition) is 1. The molecule has 0 saturated carbocycles. The number of rotatable bonds is 5. The van der Waals surface area contributed by atoms with E-state index in [1.165, 1.54) is 12.1 Å². The molecule has 2 aromatic rings. The fraction of sp³-hybridized carbons (Fsp3) is 0.500. The second-order valence-electron chi connectivity index (χ2n) is 8.87. The molecule has 1 atom stereocenters. The van der Waals surface area contributed by atoms with Gasteiger partial charge in [0.15, 0.2) is 0 Å². The summed E-state index contributed by atoms with van der Waals surface area (Å²) in [4.78, 5) is 0. The van der Waals surface area contributed by atoms with E-state index < -0.39 is 16.9 Å². The van der Waals surface area contributed by atoms with E-state index in [-0.39, 0.29) is 19.7 Å². The summed E-state index contributed by atoms with van der Waals surface area (Å²) in [6, 6.07) is 8.31. The van der Waals surface area contributed by atoms with Crippen molar-refractivity contribution in [3.63, 3.8) is 0 Å². The van der Waals surface area contributed by atoms with Crippen LogP contribution in [0.4, 0.5) is 13.2 Å². The summed E-state index contributed by atoms with van der Waals surface area (Å²) in [5.74, 6) is 0.224. The normalized spacial score (nSPS) is 13.4. The van der Waals surface area contributed by atoms with E-state index in [9.17, 15) is 18.3 Å². The number of aromatic hydroxyl groups is 1. The number of phenols is 1. The Kier molecular flexibility index (Phi) is 6.79. The highest BCUT2D eigenvalue weighted by Crippen LogP contribution is 2.53. The molecule has 29 heavy (non-hydrogen) atoms. The molecule has 160 valence electrons. The first-order valence-corrected chi connectivity index (χ1v) is 11.1. The number of hydrogen-bond donors (Lipinski definition) is 1. The summed E-state index contributed by atoms with van der Waals surface area (Å²) in [6.45, 7) is 13.8. The molecule has 0 fully saturated rings. The molecule has 1 unspecified atom stereocenters. The zero-order chi connectivity index (χ0) is 22.2. The van der Waals surface area contributed by atoms with Crippen molar-refractivity contribution in [2.75, 3.05) is 0 Å². The number of phenolic OH excluding ortho intramolecular Hbond substituents is 1. The van der Waals surface area contributed by atoms with Crippen molar-refractivity contribution in [3.05, 3.63) is 58.1 Å². The van der Waals surface area contributed by atoms with E-state index in [1.54, 1.807) is 13.0 Å². The minimum atomic E-state index is -4.40. The van der Waals surface area contributed by atoms with E-state index in [0.717, 1.165) is 16.7 Å². The predicted octanol–water partition coefficient (Wildman–Crippen LogP) is 7.34. The van der Waals surface area contributed by atoms with E-state index in [1.807, 2.05) is 53.7 Å². The van der Waals surface area contributed by atoms with Gasteiger partial charge in [-0.25, -0.2) is 0 Å². The maximum Gasteiger partial charge on any atom is 0.417 e. The van der Waals surface area contributed by atoms with Crippen LogP contribution in [0.3, 0.4) is 0 Å². The van der Waals surface area contributed by atoms with E-state index >= 15 is 0 Å². The lowest BCUT2D eigenvalue weighted by atomic mass is 9.81. The number of halogens is 3. The van der Waals surface area contributed by atoms with Gasteiger partial charge in [0, 0.05) is 10.7 Å². The number of alkyl halides is 3. The fourth-order valence-electron chi connectivity index (χ4n) is 3.90. The summed E-state index contributed by atoms with van der Waals surface area (Å²) in [5, 5.41) is 11.0. The molecular weight excluding hydrogens is 392 g/mol. The van der Waals surface area contributed by atoms with Crippen molar-refractivity contribution in [2.24, 2.45) is 0 Å². The third kappa shape index (κ3) is 4.79. The average molecular weight is 424 g/mol. The highest BCUT2D eigenvalue weighted by atomic mass is 31.1. The summed E-state index contributed by atoms with van der Waals surface area (Å²) in [7, 11) is -0.0929. The van der Waals surface area contributed by atoms with Gasteiger partial charge in [0.2, 0.25) is 0 Å². The molecule has 0 bridgehead atoms. The van der Waals surface area contributed by atoms with Crippen LogP contribution in [0.2, 0.25) is 0 Å². The first kappa shape index (κ1) is 23.7. The number of aryl methyl sites for hydroxylation is 2. The minimum Gasteiger partial charge on any atom is -0.507 e. The predicted molar refractivity (Wildman–Crippen MR) is 118 cm³/mol. The first-order chi connectivity index (χ1) is 13.3. The molecule has 0 aromatic heterocycles. The van der Waals surface area contributed by atoms with Crippen LogP contribution in [0, 0.1) is 13.8 Å². The molecule has 2 rings (SSSR count). The third-order valence-electron chi connectivity index (χ3n) is 5.73. The molecule has 5 heteroatoms. The van der Waals surface area contributed by atoms with Gasteiger partial charge in [0.25, 0.3) is 0 Å². The largest absolute Gasteiger partial charge is 0.507 e. The molecule has 0 aliphatic carbocycles. The quantitative estimate of drug-likeness (QED) is 0.498. The van der Waals surface area contributed by atoms with E-state index in [4.69, 9.17) is 0 Å². The molecule has 0 heterocycles. The Labute approximate surface area is 174 Å². The first-order valence-electron chi connectivity index (χ1n) is 10.1. The summed E-state index contributed by atoms with van der Waals surface area (Å²) < 4.78 is 41.2. The Morgan fingerprint density at radius 2 is 1.45 bits per heavy atom. The van der Waals surface area contributed by atoms with Crippen molar-refractivity contribution >= 4 is 13.9 Å². The lowest BCUT2D eigenvalue weighted by Gasteiger charge is -2.36. The van der Waals surface area contributed by atoms with Crippen LogP contribution >= 0.6 is 8.58 Å². The van der Waals surface area contributed by atoms with Gasteiger partial charge in [-0.2, -0.15) is 13.2 Å². The molecule has 1 nitrogen and oxygen atoms in total. The van der Waals surface area contributed by atoms with Gasteiger partial charge in [-0.1, -0.05) is 73.0 Å². The smallest absolute Gasteiger partial charge is 0.417 e.